The average Bonchev–Trinajstić information content (AvgIpc) is 3.04. The standard InChI is InChI=1S/C13H14N4OS/c1-3-10-16-12(9-4-5-19-13(9)17-10)15-7-11-14-6-8(2)18-11/h4-6H,3,7H2,1-2H3,(H,15,16,17). The molecule has 0 aromatic carbocycles. The molecule has 19 heavy (non-hydrogen) atoms. The van der Waals surface area contributed by atoms with Gasteiger partial charge >= 0.3 is 0 Å². The van der Waals surface area contributed by atoms with Crippen LogP contribution in [0, 0.1) is 6.92 Å². The summed E-state index contributed by atoms with van der Waals surface area (Å²) in [6.45, 7) is 4.46. The fourth-order valence-electron chi connectivity index (χ4n) is 1.83. The van der Waals surface area contributed by atoms with Gasteiger partial charge in [0.2, 0.25) is 5.89 Å². The van der Waals surface area contributed by atoms with Crippen LogP contribution in [-0.2, 0) is 13.0 Å². The maximum atomic E-state index is 5.44. The zero-order chi connectivity index (χ0) is 13.2. The topological polar surface area (TPSA) is 63.8 Å². The van der Waals surface area contributed by atoms with E-state index in [1.165, 1.54) is 0 Å². The van der Waals surface area contributed by atoms with Crippen LogP contribution in [0.1, 0.15) is 24.4 Å². The number of nitrogens with one attached hydrogen (secondary N) is 1. The third-order valence-electron chi connectivity index (χ3n) is 2.76. The molecule has 0 atom stereocenters. The summed E-state index contributed by atoms with van der Waals surface area (Å²) in [5, 5.41) is 6.35. The molecule has 0 spiro atoms. The van der Waals surface area contributed by atoms with E-state index in [9.17, 15) is 0 Å². The summed E-state index contributed by atoms with van der Waals surface area (Å²) in [5.41, 5.74) is 0. The van der Waals surface area contributed by atoms with Crippen molar-refractivity contribution in [1.29, 1.82) is 0 Å². The second kappa shape index (κ2) is 4.97. The van der Waals surface area contributed by atoms with Crippen molar-refractivity contribution in [2.24, 2.45) is 0 Å². The Morgan fingerprint density at radius 1 is 1.37 bits per heavy atom. The Hall–Kier alpha value is -1.95. The lowest BCUT2D eigenvalue weighted by Crippen LogP contribution is -2.04. The molecule has 3 rings (SSSR count). The van der Waals surface area contributed by atoms with Crippen molar-refractivity contribution in [1.82, 2.24) is 15.0 Å². The summed E-state index contributed by atoms with van der Waals surface area (Å²) < 4.78 is 5.44. The molecule has 3 aromatic rings. The second-order valence-electron chi connectivity index (χ2n) is 4.20. The van der Waals surface area contributed by atoms with Gasteiger partial charge < -0.3 is 9.73 Å². The maximum absolute atomic E-state index is 5.44. The van der Waals surface area contributed by atoms with Crippen LogP contribution in [-0.4, -0.2) is 15.0 Å². The van der Waals surface area contributed by atoms with Crippen molar-refractivity contribution in [2.75, 3.05) is 5.32 Å². The largest absolute Gasteiger partial charge is 0.444 e. The first-order chi connectivity index (χ1) is 9.26. The zero-order valence-electron chi connectivity index (χ0n) is 10.8. The van der Waals surface area contributed by atoms with Crippen LogP contribution in [0.4, 0.5) is 5.82 Å². The van der Waals surface area contributed by atoms with E-state index in [1.54, 1.807) is 17.5 Å². The fourth-order valence-corrected chi connectivity index (χ4v) is 2.62. The summed E-state index contributed by atoms with van der Waals surface area (Å²) in [4.78, 5) is 14.2. The molecule has 5 nitrogen and oxygen atoms in total. The van der Waals surface area contributed by atoms with E-state index in [4.69, 9.17) is 4.42 Å². The van der Waals surface area contributed by atoms with Gasteiger partial charge in [0, 0.05) is 6.42 Å². The van der Waals surface area contributed by atoms with Crippen LogP contribution in [0.25, 0.3) is 10.2 Å². The number of anilines is 1. The summed E-state index contributed by atoms with van der Waals surface area (Å²) in [5.74, 6) is 3.17. The van der Waals surface area contributed by atoms with Crippen molar-refractivity contribution < 1.29 is 4.42 Å². The first-order valence-corrected chi connectivity index (χ1v) is 7.03. The van der Waals surface area contributed by atoms with Crippen LogP contribution < -0.4 is 5.32 Å². The third-order valence-corrected chi connectivity index (χ3v) is 3.57. The molecule has 0 aliphatic heterocycles. The third kappa shape index (κ3) is 2.44. The summed E-state index contributed by atoms with van der Waals surface area (Å²) in [6.07, 6.45) is 2.54. The van der Waals surface area contributed by atoms with E-state index < -0.39 is 0 Å². The van der Waals surface area contributed by atoms with E-state index in [2.05, 4.69) is 27.2 Å². The highest BCUT2D eigenvalue weighted by atomic mass is 32.1. The minimum Gasteiger partial charge on any atom is -0.444 e. The van der Waals surface area contributed by atoms with Gasteiger partial charge in [-0.05, 0) is 18.4 Å². The van der Waals surface area contributed by atoms with Gasteiger partial charge in [-0.1, -0.05) is 6.92 Å². The number of oxazole rings is 1. The molecule has 98 valence electrons. The Morgan fingerprint density at radius 3 is 3.00 bits per heavy atom. The van der Waals surface area contributed by atoms with Gasteiger partial charge in [-0.2, -0.15) is 0 Å². The van der Waals surface area contributed by atoms with Crippen molar-refractivity contribution in [3.8, 4) is 0 Å². The number of nitrogens with zero attached hydrogens (tertiary/aromatic N) is 3. The highest BCUT2D eigenvalue weighted by Gasteiger charge is 2.09. The Bertz CT molecular complexity index is 704. The van der Waals surface area contributed by atoms with Crippen molar-refractivity contribution >= 4 is 27.4 Å². The minimum atomic E-state index is 0.527. The molecule has 0 aliphatic rings. The average molecular weight is 274 g/mol. The van der Waals surface area contributed by atoms with Gasteiger partial charge in [-0.15, -0.1) is 11.3 Å². The fraction of sp³-hybridized carbons (Fsp3) is 0.308. The maximum Gasteiger partial charge on any atom is 0.213 e. The lowest BCUT2D eigenvalue weighted by molar-refractivity contribution is 0.479. The number of hydrogen-bond donors (Lipinski definition) is 1. The zero-order valence-corrected chi connectivity index (χ0v) is 11.6. The Balaban J connectivity index is 1.88. The lowest BCUT2D eigenvalue weighted by Gasteiger charge is -2.06. The van der Waals surface area contributed by atoms with Crippen molar-refractivity contribution in [3.05, 3.63) is 35.1 Å². The van der Waals surface area contributed by atoms with Crippen molar-refractivity contribution in [3.63, 3.8) is 0 Å². The number of aromatic nitrogens is 3. The minimum absolute atomic E-state index is 0.527. The van der Waals surface area contributed by atoms with Crippen LogP contribution >= 0.6 is 11.3 Å². The predicted molar refractivity (Wildman–Crippen MR) is 75.4 cm³/mol. The summed E-state index contributed by atoms with van der Waals surface area (Å²) >= 11 is 1.63. The molecule has 0 radical (unpaired) electrons. The Kier molecular flexibility index (Phi) is 3.16. The van der Waals surface area contributed by atoms with E-state index in [-0.39, 0.29) is 0 Å². The van der Waals surface area contributed by atoms with Gasteiger partial charge in [0.1, 0.15) is 22.2 Å². The van der Waals surface area contributed by atoms with E-state index in [0.29, 0.717) is 12.4 Å². The smallest absolute Gasteiger partial charge is 0.213 e. The van der Waals surface area contributed by atoms with Gasteiger partial charge in [0.15, 0.2) is 0 Å². The van der Waals surface area contributed by atoms with Gasteiger partial charge in [-0.3, -0.25) is 0 Å². The SMILES string of the molecule is CCc1nc(NCc2ncc(C)o2)c2ccsc2n1. The molecule has 1 N–H and O–H groups in total. The molecule has 0 amide bonds. The van der Waals surface area contributed by atoms with Crippen LogP contribution in [0.3, 0.4) is 0 Å². The molecule has 6 heteroatoms. The monoisotopic (exact) mass is 274 g/mol. The van der Waals surface area contributed by atoms with Crippen LogP contribution in [0.2, 0.25) is 0 Å². The molecule has 0 bridgehead atoms. The number of fused-ring (bicyclic) bond motifs is 1. The molecular formula is C13H14N4OS. The van der Waals surface area contributed by atoms with Crippen molar-refractivity contribution in [2.45, 2.75) is 26.8 Å². The van der Waals surface area contributed by atoms with E-state index >= 15 is 0 Å². The number of hydrogen-bond acceptors (Lipinski definition) is 6. The summed E-state index contributed by atoms with van der Waals surface area (Å²) in [7, 11) is 0. The molecule has 0 unspecified atom stereocenters. The van der Waals surface area contributed by atoms with Gasteiger partial charge in [0.05, 0.1) is 18.1 Å². The molecule has 3 heterocycles. The van der Waals surface area contributed by atoms with Crippen LogP contribution in [0.5, 0.6) is 0 Å². The molecule has 0 fully saturated rings. The normalized spacial score (nSPS) is 11.1. The number of thiophene rings is 1. The van der Waals surface area contributed by atoms with Crippen LogP contribution in [0.15, 0.2) is 22.1 Å². The molecule has 3 aromatic heterocycles. The molecular weight excluding hydrogens is 260 g/mol. The van der Waals surface area contributed by atoms with E-state index in [1.807, 2.05) is 18.4 Å². The molecule has 0 aliphatic carbocycles. The quantitative estimate of drug-likeness (QED) is 0.791. The molecule has 0 saturated carbocycles. The Morgan fingerprint density at radius 2 is 2.26 bits per heavy atom. The van der Waals surface area contributed by atoms with Gasteiger partial charge in [0.25, 0.3) is 0 Å². The number of aryl methyl sites for hydroxylation is 2. The lowest BCUT2D eigenvalue weighted by atomic mass is 10.3. The highest BCUT2D eigenvalue weighted by Crippen LogP contribution is 2.25. The number of rotatable bonds is 4. The summed E-state index contributed by atoms with van der Waals surface area (Å²) in [6, 6.07) is 2.03. The van der Waals surface area contributed by atoms with E-state index in [0.717, 1.165) is 34.0 Å². The predicted octanol–water partition coefficient (Wildman–Crippen LogP) is 3.16. The van der Waals surface area contributed by atoms with Gasteiger partial charge in [-0.25, -0.2) is 15.0 Å². The second-order valence-corrected chi connectivity index (χ2v) is 5.09. The highest BCUT2D eigenvalue weighted by molar-refractivity contribution is 7.16. The Labute approximate surface area is 114 Å². The first-order valence-electron chi connectivity index (χ1n) is 6.15. The first kappa shape index (κ1) is 12.1. The molecule has 0 saturated heterocycles.